The summed E-state index contributed by atoms with van der Waals surface area (Å²) in [5.74, 6) is 0.775. The van der Waals surface area contributed by atoms with Crippen LogP contribution in [0.5, 0.6) is 0 Å². The Morgan fingerprint density at radius 1 is 1.55 bits per heavy atom. The van der Waals surface area contributed by atoms with Crippen LogP contribution in [0.2, 0.25) is 0 Å². The van der Waals surface area contributed by atoms with E-state index in [0.717, 1.165) is 0 Å². The van der Waals surface area contributed by atoms with E-state index >= 15 is 0 Å². The molecule has 0 radical (unpaired) electrons. The predicted octanol–water partition coefficient (Wildman–Crippen LogP) is 1.75. The number of aliphatic hydroxyl groups excluding tert-OH is 1. The number of H-pyrrole nitrogens is 1. The molecule has 0 fully saturated rings. The van der Waals surface area contributed by atoms with Gasteiger partial charge in [0, 0.05) is 18.3 Å². The molecular weight excluding hydrogens is 138 g/mol. The Morgan fingerprint density at radius 2 is 2.27 bits per heavy atom. The number of nitrogens with one attached hydrogen (secondary N) is 1. The molecule has 1 unspecified atom stereocenters. The highest BCUT2D eigenvalue weighted by Crippen LogP contribution is 2.22. The minimum Gasteiger partial charge on any atom is -0.396 e. The first kappa shape index (κ1) is 8.34. The number of hydrogen-bond acceptors (Lipinski definition) is 1. The zero-order valence-electron chi connectivity index (χ0n) is 7.04. The summed E-state index contributed by atoms with van der Waals surface area (Å²) in [6, 6.07) is 2.01. The van der Waals surface area contributed by atoms with Gasteiger partial charge in [-0.3, -0.25) is 0 Å². The van der Waals surface area contributed by atoms with Gasteiger partial charge in [-0.15, -0.1) is 0 Å². The van der Waals surface area contributed by atoms with Crippen LogP contribution in [-0.2, 0) is 0 Å². The van der Waals surface area contributed by atoms with E-state index in [9.17, 15) is 0 Å². The van der Waals surface area contributed by atoms with Gasteiger partial charge in [0.25, 0.3) is 0 Å². The first-order valence-electron chi connectivity index (χ1n) is 3.99. The van der Waals surface area contributed by atoms with Crippen molar-refractivity contribution in [2.75, 3.05) is 6.61 Å². The van der Waals surface area contributed by atoms with Crippen LogP contribution in [0.25, 0.3) is 0 Å². The van der Waals surface area contributed by atoms with E-state index in [1.807, 2.05) is 18.5 Å². The highest BCUT2D eigenvalue weighted by Gasteiger charge is 2.14. The van der Waals surface area contributed by atoms with Gasteiger partial charge in [0.1, 0.15) is 0 Å². The quantitative estimate of drug-likeness (QED) is 0.681. The first-order chi connectivity index (χ1) is 5.25. The highest BCUT2D eigenvalue weighted by atomic mass is 16.3. The first-order valence-corrected chi connectivity index (χ1v) is 3.99. The molecule has 1 aromatic heterocycles. The Labute approximate surface area is 67.3 Å². The minimum atomic E-state index is 0.232. The number of rotatable bonds is 3. The summed E-state index contributed by atoms with van der Waals surface area (Å²) in [6.45, 7) is 4.47. The molecule has 1 aromatic rings. The lowest BCUT2D eigenvalue weighted by Crippen LogP contribution is -2.09. The van der Waals surface area contributed by atoms with E-state index in [1.54, 1.807) is 0 Å². The highest BCUT2D eigenvalue weighted by molar-refractivity contribution is 5.15. The van der Waals surface area contributed by atoms with Gasteiger partial charge >= 0.3 is 0 Å². The van der Waals surface area contributed by atoms with E-state index in [2.05, 4.69) is 18.8 Å². The number of aromatic nitrogens is 1. The molecule has 0 saturated heterocycles. The van der Waals surface area contributed by atoms with Gasteiger partial charge in [0.2, 0.25) is 0 Å². The van der Waals surface area contributed by atoms with Gasteiger partial charge in [-0.2, -0.15) is 0 Å². The van der Waals surface area contributed by atoms with Crippen molar-refractivity contribution in [1.82, 2.24) is 4.98 Å². The van der Waals surface area contributed by atoms with Crippen LogP contribution in [0.3, 0.4) is 0 Å². The number of hydrogen-bond donors (Lipinski definition) is 2. The molecule has 0 aliphatic rings. The molecule has 1 rings (SSSR count). The van der Waals surface area contributed by atoms with Crippen molar-refractivity contribution in [3.8, 4) is 0 Å². The van der Waals surface area contributed by atoms with Crippen molar-refractivity contribution in [1.29, 1.82) is 0 Å². The average Bonchev–Trinajstić information content (AvgIpc) is 2.40. The van der Waals surface area contributed by atoms with Crippen molar-refractivity contribution in [3.63, 3.8) is 0 Å². The van der Waals surface area contributed by atoms with Crippen molar-refractivity contribution >= 4 is 0 Å². The molecule has 0 spiro atoms. The monoisotopic (exact) mass is 153 g/mol. The van der Waals surface area contributed by atoms with Crippen LogP contribution in [0.15, 0.2) is 18.5 Å². The molecule has 0 saturated carbocycles. The maximum atomic E-state index is 9.05. The summed E-state index contributed by atoms with van der Waals surface area (Å²) in [7, 11) is 0. The molecule has 2 nitrogen and oxygen atoms in total. The third kappa shape index (κ3) is 1.84. The molecule has 0 aliphatic heterocycles. The maximum Gasteiger partial charge on any atom is 0.0502 e. The Morgan fingerprint density at radius 3 is 2.64 bits per heavy atom. The van der Waals surface area contributed by atoms with Crippen LogP contribution in [0.1, 0.15) is 25.3 Å². The molecule has 0 aromatic carbocycles. The fourth-order valence-electron chi connectivity index (χ4n) is 1.27. The van der Waals surface area contributed by atoms with Gasteiger partial charge in [-0.25, -0.2) is 0 Å². The van der Waals surface area contributed by atoms with Crippen LogP contribution in [0, 0.1) is 5.92 Å². The lowest BCUT2D eigenvalue weighted by atomic mass is 9.91. The summed E-state index contributed by atoms with van der Waals surface area (Å²) in [5, 5.41) is 9.05. The second-order valence-electron chi connectivity index (χ2n) is 3.18. The largest absolute Gasteiger partial charge is 0.396 e. The molecule has 1 heterocycles. The van der Waals surface area contributed by atoms with Gasteiger partial charge in [-0.1, -0.05) is 13.8 Å². The van der Waals surface area contributed by atoms with E-state index in [1.165, 1.54) is 5.56 Å². The molecule has 0 bridgehead atoms. The van der Waals surface area contributed by atoms with Crippen molar-refractivity contribution < 1.29 is 5.11 Å². The van der Waals surface area contributed by atoms with Crippen LogP contribution >= 0.6 is 0 Å². The second-order valence-corrected chi connectivity index (χ2v) is 3.18. The molecule has 0 amide bonds. The number of aromatic amines is 1. The Kier molecular flexibility index (Phi) is 2.71. The van der Waals surface area contributed by atoms with Gasteiger partial charge in [0.15, 0.2) is 0 Å². The summed E-state index contributed by atoms with van der Waals surface area (Å²) >= 11 is 0. The molecule has 11 heavy (non-hydrogen) atoms. The normalized spacial score (nSPS) is 13.8. The van der Waals surface area contributed by atoms with E-state index in [4.69, 9.17) is 5.11 Å². The molecule has 1 atom stereocenters. The molecular formula is C9H15NO. The van der Waals surface area contributed by atoms with Gasteiger partial charge in [-0.05, 0) is 17.5 Å². The Balaban J connectivity index is 2.71. The summed E-state index contributed by atoms with van der Waals surface area (Å²) in [4.78, 5) is 2.99. The molecule has 0 aliphatic carbocycles. The topological polar surface area (TPSA) is 36.0 Å². The summed E-state index contributed by atoms with van der Waals surface area (Å²) in [5.41, 5.74) is 1.20. The van der Waals surface area contributed by atoms with Crippen LogP contribution < -0.4 is 0 Å². The standard InChI is InChI=1S/C9H15NO/c1-7(2)9(6-11)8-3-4-10-5-8/h3-5,7,9-11H,6H2,1-2H3. The zero-order valence-corrected chi connectivity index (χ0v) is 7.04. The summed E-state index contributed by atoms with van der Waals surface area (Å²) in [6.07, 6.45) is 3.83. The van der Waals surface area contributed by atoms with E-state index in [0.29, 0.717) is 5.92 Å². The average molecular weight is 153 g/mol. The molecule has 2 heteroatoms. The molecule has 62 valence electrons. The smallest absolute Gasteiger partial charge is 0.0502 e. The van der Waals surface area contributed by atoms with Crippen LogP contribution in [0.4, 0.5) is 0 Å². The van der Waals surface area contributed by atoms with E-state index < -0.39 is 0 Å². The van der Waals surface area contributed by atoms with Crippen LogP contribution in [-0.4, -0.2) is 16.7 Å². The fraction of sp³-hybridized carbons (Fsp3) is 0.556. The third-order valence-corrected chi connectivity index (χ3v) is 2.05. The predicted molar refractivity (Wildman–Crippen MR) is 45.5 cm³/mol. The van der Waals surface area contributed by atoms with Gasteiger partial charge < -0.3 is 10.1 Å². The van der Waals surface area contributed by atoms with Crippen molar-refractivity contribution in [2.45, 2.75) is 19.8 Å². The van der Waals surface area contributed by atoms with E-state index in [-0.39, 0.29) is 12.5 Å². The minimum absolute atomic E-state index is 0.232. The summed E-state index contributed by atoms with van der Waals surface area (Å²) < 4.78 is 0. The van der Waals surface area contributed by atoms with Crippen molar-refractivity contribution in [3.05, 3.63) is 24.0 Å². The molecule has 2 N–H and O–H groups in total. The lowest BCUT2D eigenvalue weighted by Gasteiger charge is -2.16. The number of aliphatic hydroxyl groups is 1. The lowest BCUT2D eigenvalue weighted by molar-refractivity contribution is 0.237. The maximum absolute atomic E-state index is 9.05. The Bertz CT molecular complexity index is 191. The second kappa shape index (κ2) is 3.58. The van der Waals surface area contributed by atoms with Crippen molar-refractivity contribution in [2.24, 2.45) is 5.92 Å². The fourth-order valence-corrected chi connectivity index (χ4v) is 1.27. The SMILES string of the molecule is CC(C)C(CO)c1cc[nH]c1. The zero-order chi connectivity index (χ0) is 8.27. The third-order valence-electron chi connectivity index (χ3n) is 2.05. The van der Waals surface area contributed by atoms with Gasteiger partial charge in [0.05, 0.1) is 6.61 Å². The Hall–Kier alpha value is -0.760.